The molecule has 2 nitrogen and oxygen atoms in total. The van der Waals surface area contributed by atoms with Crippen molar-refractivity contribution in [1.29, 1.82) is 0 Å². The van der Waals surface area contributed by atoms with Gasteiger partial charge in [-0.3, -0.25) is 4.59 Å². The minimum atomic E-state index is -1.78. The zero-order valence-corrected chi connectivity index (χ0v) is 33.1. The highest BCUT2D eigenvalue weighted by atomic mass is 28.3. The summed E-state index contributed by atoms with van der Waals surface area (Å²) in [6, 6.07) is 6.31. The molecular weight excluding hydrogens is 573 g/mol. The highest BCUT2D eigenvalue weighted by Crippen LogP contribution is 2.63. The zero-order chi connectivity index (χ0) is 33.3. The molecule has 2 saturated carbocycles. The SMILES string of the molecule is CCCCC1(CCCC)C2=CC3C(C=C2c2cc4c(cc21)C(C)(C)CCC4(C)C)CCC3[Si](C)(C)N(C1CCCCC1)[N+](C)(C)C. The molecule has 3 heteroatoms. The Morgan fingerprint density at radius 2 is 1.35 bits per heavy atom. The maximum absolute atomic E-state index is 3.11. The van der Waals surface area contributed by atoms with Gasteiger partial charge in [-0.25, -0.2) is 0 Å². The van der Waals surface area contributed by atoms with Gasteiger partial charge in [-0.15, -0.1) is 0 Å². The van der Waals surface area contributed by atoms with E-state index in [0.717, 1.165) is 16.2 Å². The van der Waals surface area contributed by atoms with Crippen molar-refractivity contribution in [2.24, 2.45) is 11.8 Å². The van der Waals surface area contributed by atoms with Gasteiger partial charge in [0.1, 0.15) is 0 Å². The Morgan fingerprint density at radius 1 is 0.761 bits per heavy atom. The molecular formula is C43H71N2Si+. The Labute approximate surface area is 286 Å². The summed E-state index contributed by atoms with van der Waals surface area (Å²) in [6.45, 7) is 20.5. The lowest BCUT2D eigenvalue weighted by molar-refractivity contribution is -0.975. The topological polar surface area (TPSA) is 3.24 Å². The molecule has 0 N–H and O–H groups in total. The van der Waals surface area contributed by atoms with E-state index in [4.69, 9.17) is 0 Å². The molecule has 0 amide bonds. The maximum atomic E-state index is 3.11. The number of fused-ring (bicyclic) bond motifs is 5. The van der Waals surface area contributed by atoms with Gasteiger partial charge in [0, 0.05) is 11.5 Å². The maximum Gasteiger partial charge on any atom is 0.190 e. The van der Waals surface area contributed by atoms with E-state index in [-0.39, 0.29) is 16.2 Å². The molecule has 1 aromatic carbocycles. The number of quaternary nitrogens is 1. The fraction of sp³-hybridized carbons (Fsp3) is 0.767. The van der Waals surface area contributed by atoms with Crippen molar-refractivity contribution in [1.82, 2.24) is 4.67 Å². The third-order valence-corrected chi connectivity index (χ3v) is 18.7. The monoisotopic (exact) mass is 644 g/mol. The summed E-state index contributed by atoms with van der Waals surface area (Å²) in [5.41, 5.74) is 11.6. The molecule has 5 aliphatic rings. The number of benzene rings is 1. The summed E-state index contributed by atoms with van der Waals surface area (Å²) in [6.07, 6.45) is 26.2. The Balaban J connectivity index is 1.49. The Morgan fingerprint density at radius 3 is 1.91 bits per heavy atom. The van der Waals surface area contributed by atoms with Crippen molar-refractivity contribution in [3.05, 3.63) is 52.1 Å². The summed E-state index contributed by atoms with van der Waals surface area (Å²) in [5, 5.41) is 0. The lowest BCUT2D eigenvalue weighted by atomic mass is 9.61. The molecule has 0 radical (unpaired) electrons. The second-order valence-corrected chi connectivity index (χ2v) is 23.8. The fourth-order valence-corrected chi connectivity index (χ4v) is 17.0. The van der Waals surface area contributed by atoms with E-state index in [0.29, 0.717) is 11.8 Å². The van der Waals surface area contributed by atoms with Crippen molar-refractivity contribution in [3.63, 3.8) is 0 Å². The molecule has 0 spiro atoms. The summed E-state index contributed by atoms with van der Waals surface area (Å²) in [7, 11) is 5.66. The highest BCUT2D eigenvalue weighted by molar-refractivity contribution is 6.76. The molecule has 6 rings (SSSR count). The summed E-state index contributed by atoms with van der Waals surface area (Å²) in [5.74, 6) is 1.41. The summed E-state index contributed by atoms with van der Waals surface area (Å²) >= 11 is 0. The van der Waals surface area contributed by atoms with Crippen LogP contribution < -0.4 is 0 Å². The van der Waals surface area contributed by atoms with Gasteiger partial charge in [0.15, 0.2) is 8.24 Å². The van der Waals surface area contributed by atoms with E-state index in [9.17, 15) is 0 Å². The molecule has 3 unspecified atom stereocenters. The van der Waals surface area contributed by atoms with Crippen molar-refractivity contribution < 1.29 is 4.59 Å². The van der Waals surface area contributed by atoms with Crippen LogP contribution >= 0.6 is 0 Å². The first-order chi connectivity index (χ1) is 21.6. The average molecular weight is 644 g/mol. The molecule has 256 valence electrons. The van der Waals surface area contributed by atoms with Gasteiger partial charge in [-0.1, -0.05) is 130 Å². The predicted molar refractivity (Wildman–Crippen MR) is 203 cm³/mol. The van der Waals surface area contributed by atoms with Gasteiger partial charge in [0.25, 0.3) is 0 Å². The van der Waals surface area contributed by atoms with E-state index in [1.165, 1.54) is 96.3 Å². The van der Waals surface area contributed by atoms with E-state index >= 15 is 0 Å². The van der Waals surface area contributed by atoms with Gasteiger partial charge < -0.3 is 0 Å². The Hall–Kier alpha value is -1.16. The van der Waals surface area contributed by atoms with Gasteiger partial charge >= 0.3 is 0 Å². The van der Waals surface area contributed by atoms with Gasteiger partial charge in [-0.2, -0.15) is 4.67 Å². The molecule has 2 fully saturated rings. The number of allylic oxidation sites excluding steroid dienone is 4. The van der Waals surface area contributed by atoms with Crippen LogP contribution in [-0.4, -0.2) is 44.7 Å². The Bertz CT molecular complexity index is 1340. The lowest BCUT2D eigenvalue weighted by Gasteiger charge is -2.53. The fourth-order valence-electron chi connectivity index (χ4n) is 11.8. The predicted octanol–water partition coefficient (Wildman–Crippen LogP) is 11.8. The first-order valence-electron chi connectivity index (χ1n) is 19.8. The van der Waals surface area contributed by atoms with Crippen LogP contribution in [0.15, 0.2) is 29.9 Å². The number of rotatable bonds is 10. The summed E-state index contributed by atoms with van der Waals surface area (Å²) in [4.78, 5) is 0. The number of hydrogen-bond acceptors (Lipinski definition) is 1. The standard InChI is InChI=1S/C43H71N2Si/c1-12-14-23-43(24-15-13-2)36-28-33-31(21-22-40(33)46(10,11)44(45(7,8)9)32-19-17-16-18-20-32)27-34(36)35-29-38-39(30-37(35)43)42(5,6)26-25-41(38,3)4/h27-33,40H,12-26H2,1-11H3/q+1. The van der Waals surface area contributed by atoms with Gasteiger partial charge in [0.05, 0.1) is 21.1 Å². The minimum absolute atomic E-state index is 0.187. The number of unbranched alkanes of at least 4 members (excludes halogenated alkanes) is 2. The van der Waals surface area contributed by atoms with Crippen LogP contribution in [0.4, 0.5) is 0 Å². The van der Waals surface area contributed by atoms with Gasteiger partial charge in [0.2, 0.25) is 0 Å². The molecule has 0 aromatic heterocycles. The van der Waals surface area contributed by atoms with E-state index in [1.807, 2.05) is 0 Å². The van der Waals surface area contributed by atoms with E-state index in [2.05, 4.69) is 105 Å². The first-order valence-corrected chi connectivity index (χ1v) is 22.9. The molecule has 0 bridgehead atoms. The zero-order valence-electron chi connectivity index (χ0n) is 32.1. The van der Waals surface area contributed by atoms with E-state index in [1.54, 1.807) is 33.4 Å². The molecule has 0 aliphatic heterocycles. The molecule has 1 aromatic rings. The first kappa shape index (κ1) is 34.7. The molecule has 5 aliphatic carbocycles. The van der Waals surface area contributed by atoms with Crippen LogP contribution in [0.2, 0.25) is 18.6 Å². The molecule has 0 saturated heterocycles. The normalized spacial score (nSPS) is 28.3. The average Bonchev–Trinajstić information content (AvgIpc) is 3.53. The molecule has 46 heavy (non-hydrogen) atoms. The quantitative estimate of drug-likeness (QED) is 0.139. The second-order valence-electron chi connectivity index (χ2n) is 19.3. The van der Waals surface area contributed by atoms with Crippen LogP contribution in [0, 0.1) is 11.8 Å². The largest absolute Gasteiger partial charge is 0.258 e. The van der Waals surface area contributed by atoms with Crippen LogP contribution in [0.1, 0.15) is 160 Å². The summed E-state index contributed by atoms with van der Waals surface area (Å²) < 4.78 is 4.12. The highest BCUT2D eigenvalue weighted by Gasteiger charge is 2.56. The number of hydrogen-bond donors (Lipinski definition) is 0. The van der Waals surface area contributed by atoms with Gasteiger partial charge in [-0.05, 0) is 107 Å². The van der Waals surface area contributed by atoms with E-state index < -0.39 is 8.24 Å². The van der Waals surface area contributed by atoms with Crippen LogP contribution in [0.25, 0.3) is 5.57 Å². The van der Waals surface area contributed by atoms with Crippen LogP contribution in [0.5, 0.6) is 0 Å². The molecule has 3 atom stereocenters. The van der Waals surface area contributed by atoms with Crippen LogP contribution in [-0.2, 0) is 16.2 Å². The number of nitrogens with zero attached hydrogens (tertiary/aromatic N) is 2. The minimum Gasteiger partial charge on any atom is -0.258 e. The second kappa shape index (κ2) is 12.3. The van der Waals surface area contributed by atoms with Crippen molar-refractivity contribution in [3.8, 4) is 0 Å². The third-order valence-electron chi connectivity index (χ3n) is 14.1. The van der Waals surface area contributed by atoms with Crippen molar-refractivity contribution in [2.75, 3.05) is 21.1 Å². The Kier molecular flexibility index (Phi) is 9.28. The van der Waals surface area contributed by atoms with Crippen molar-refractivity contribution in [2.45, 2.75) is 179 Å². The lowest BCUT2D eigenvalue weighted by Crippen LogP contribution is -2.69. The van der Waals surface area contributed by atoms with Crippen molar-refractivity contribution >= 4 is 13.8 Å². The smallest absolute Gasteiger partial charge is 0.190 e. The molecule has 0 heterocycles. The van der Waals surface area contributed by atoms with Crippen LogP contribution in [0.3, 0.4) is 0 Å². The third kappa shape index (κ3) is 5.69.